The van der Waals surface area contributed by atoms with E-state index in [2.05, 4.69) is 27.3 Å². The lowest BCUT2D eigenvalue weighted by molar-refractivity contribution is 0.116. The Bertz CT molecular complexity index is 468. The molecule has 1 atom stereocenters. The van der Waals surface area contributed by atoms with Crippen LogP contribution in [0.3, 0.4) is 0 Å². The van der Waals surface area contributed by atoms with Gasteiger partial charge in [-0.05, 0) is 62.8 Å². The van der Waals surface area contributed by atoms with Gasteiger partial charge in [-0.2, -0.15) is 0 Å². The summed E-state index contributed by atoms with van der Waals surface area (Å²) in [4.78, 5) is 0. The van der Waals surface area contributed by atoms with Gasteiger partial charge in [0.15, 0.2) is 11.5 Å². The van der Waals surface area contributed by atoms with E-state index in [0.717, 1.165) is 28.9 Å². The molecule has 1 unspecified atom stereocenters. The molecule has 1 aromatic rings. The van der Waals surface area contributed by atoms with Gasteiger partial charge in [-0.3, -0.25) is 0 Å². The second-order valence-electron chi connectivity index (χ2n) is 5.76. The summed E-state index contributed by atoms with van der Waals surface area (Å²) in [5.41, 5.74) is 1.31. The first-order valence-corrected chi connectivity index (χ1v) is 8.32. The van der Waals surface area contributed by atoms with E-state index in [1.165, 1.54) is 37.7 Å². The number of halogens is 1. The van der Waals surface area contributed by atoms with E-state index in [9.17, 15) is 0 Å². The SMILES string of the molecule is COc1cc(Br)c(CC2CCCN2)cc1OC1CCC1. The van der Waals surface area contributed by atoms with Crippen molar-refractivity contribution in [3.05, 3.63) is 22.2 Å². The van der Waals surface area contributed by atoms with Gasteiger partial charge in [0.1, 0.15) is 0 Å². The molecular weight excluding hydrogens is 318 g/mol. The number of nitrogens with one attached hydrogen (secondary N) is 1. The predicted molar refractivity (Wildman–Crippen MR) is 83.7 cm³/mol. The molecular formula is C16H22BrNO2. The Kier molecular flexibility index (Phi) is 4.51. The third-order valence-electron chi connectivity index (χ3n) is 4.31. The molecule has 110 valence electrons. The van der Waals surface area contributed by atoms with Crippen LogP contribution >= 0.6 is 15.9 Å². The van der Waals surface area contributed by atoms with E-state index in [1.54, 1.807) is 7.11 Å². The molecule has 1 saturated heterocycles. The predicted octanol–water partition coefficient (Wildman–Crippen LogP) is 3.68. The molecule has 1 saturated carbocycles. The Morgan fingerprint density at radius 2 is 2.05 bits per heavy atom. The number of rotatable bonds is 5. The van der Waals surface area contributed by atoms with Crippen molar-refractivity contribution >= 4 is 15.9 Å². The molecule has 1 aliphatic carbocycles. The molecule has 3 rings (SSSR count). The first kappa shape index (κ1) is 14.2. The lowest BCUT2D eigenvalue weighted by atomic mass is 9.96. The van der Waals surface area contributed by atoms with Crippen LogP contribution in [0.5, 0.6) is 11.5 Å². The molecule has 1 aromatic carbocycles. The third kappa shape index (κ3) is 3.12. The van der Waals surface area contributed by atoms with Gasteiger partial charge >= 0.3 is 0 Å². The standard InChI is InChI=1S/C16H22BrNO2/c1-19-15-10-14(17)11(8-12-4-3-7-18-12)9-16(15)20-13-5-2-6-13/h9-10,12-13,18H,2-8H2,1H3. The Hall–Kier alpha value is -0.740. The number of methoxy groups -OCH3 is 1. The monoisotopic (exact) mass is 339 g/mol. The normalized spacial score (nSPS) is 22.6. The van der Waals surface area contributed by atoms with Crippen LogP contribution in [0.25, 0.3) is 0 Å². The molecule has 20 heavy (non-hydrogen) atoms. The Morgan fingerprint density at radius 1 is 1.20 bits per heavy atom. The highest BCUT2D eigenvalue weighted by Crippen LogP contribution is 2.37. The largest absolute Gasteiger partial charge is 0.493 e. The Balaban J connectivity index is 1.78. The van der Waals surface area contributed by atoms with Crippen molar-refractivity contribution in [1.29, 1.82) is 0 Å². The van der Waals surface area contributed by atoms with Gasteiger partial charge in [-0.1, -0.05) is 15.9 Å². The quantitative estimate of drug-likeness (QED) is 0.887. The maximum Gasteiger partial charge on any atom is 0.161 e. The van der Waals surface area contributed by atoms with E-state index >= 15 is 0 Å². The Labute approximate surface area is 129 Å². The van der Waals surface area contributed by atoms with E-state index in [1.807, 2.05) is 6.07 Å². The van der Waals surface area contributed by atoms with Crippen LogP contribution in [-0.2, 0) is 6.42 Å². The van der Waals surface area contributed by atoms with Crippen LogP contribution in [0.4, 0.5) is 0 Å². The second-order valence-corrected chi connectivity index (χ2v) is 6.62. The summed E-state index contributed by atoms with van der Waals surface area (Å²) in [6, 6.07) is 4.79. The fourth-order valence-electron chi connectivity index (χ4n) is 2.85. The maximum absolute atomic E-state index is 6.07. The van der Waals surface area contributed by atoms with Crippen molar-refractivity contribution < 1.29 is 9.47 Å². The van der Waals surface area contributed by atoms with E-state index in [-0.39, 0.29) is 0 Å². The van der Waals surface area contributed by atoms with E-state index in [4.69, 9.17) is 9.47 Å². The molecule has 1 aliphatic heterocycles. The molecule has 2 aliphatic rings. The average molecular weight is 340 g/mol. The van der Waals surface area contributed by atoms with E-state index < -0.39 is 0 Å². The first-order valence-electron chi connectivity index (χ1n) is 7.52. The summed E-state index contributed by atoms with van der Waals surface area (Å²) < 4.78 is 12.6. The summed E-state index contributed by atoms with van der Waals surface area (Å²) in [5.74, 6) is 1.72. The maximum atomic E-state index is 6.07. The highest BCUT2D eigenvalue weighted by Gasteiger charge is 2.22. The van der Waals surface area contributed by atoms with Crippen molar-refractivity contribution in [1.82, 2.24) is 5.32 Å². The van der Waals surface area contributed by atoms with Crippen molar-refractivity contribution in [2.45, 2.75) is 50.7 Å². The zero-order valence-electron chi connectivity index (χ0n) is 12.0. The molecule has 0 radical (unpaired) electrons. The fourth-order valence-corrected chi connectivity index (χ4v) is 3.33. The molecule has 4 heteroatoms. The summed E-state index contributed by atoms with van der Waals surface area (Å²) in [5, 5.41) is 3.55. The van der Waals surface area contributed by atoms with Gasteiger partial charge in [0.05, 0.1) is 13.2 Å². The third-order valence-corrected chi connectivity index (χ3v) is 5.05. The summed E-state index contributed by atoms with van der Waals surface area (Å²) in [6.07, 6.45) is 7.58. The lowest BCUT2D eigenvalue weighted by Crippen LogP contribution is -2.25. The summed E-state index contributed by atoms with van der Waals surface area (Å²) >= 11 is 3.66. The molecule has 0 bridgehead atoms. The molecule has 3 nitrogen and oxygen atoms in total. The van der Waals surface area contributed by atoms with Gasteiger partial charge < -0.3 is 14.8 Å². The van der Waals surface area contributed by atoms with Crippen LogP contribution in [0.2, 0.25) is 0 Å². The van der Waals surface area contributed by atoms with Crippen molar-refractivity contribution in [2.24, 2.45) is 0 Å². The van der Waals surface area contributed by atoms with Crippen LogP contribution in [0.15, 0.2) is 16.6 Å². The molecule has 0 spiro atoms. The molecule has 1 N–H and O–H groups in total. The van der Waals surface area contributed by atoms with Crippen LogP contribution in [-0.4, -0.2) is 25.8 Å². The number of benzene rings is 1. The first-order chi connectivity index (χ1) is 9.76. The topological polar surface area (TPSA) is 30.5 Å². The minimum absolute atomic E-state index is 0.377. The smallest absolute Gasteiger partial charge is 0.161 e. The number of hydrogen-bond acceptors (Lipinski definition) is 3. The zero-order valence-corrected chi connectivity index (χ0v) is 13.5. The van der Waals surface area contributed by atoms with Crippen molar-refractivity contribution in [2.75, 3.05) is 13.7 Å². The van der Waals surface area contributed by atoms with Crippen LogP contribution in [0, 0.1) is 0 Å². The lowest BCUT2D eigenvalue weighted by Gasteiger charge is -2.27. The Morgan fingerprint density at radius 3 is 2.65 bits per heavy atom. The van der Waals surface area contributed by atoms with Crippen LogP contribution < -0.4 is 14.8 Å². The van der Waals surface area contributed by atoms with Gasteiger partial charge in [0.25, 0.3) is 0 Å². The average Bonchev–Trinajstić information content (AvgIpc) is 2.89. The highest BCUT2D eigenvalue weighted by atomic mass is 79.9. The van der Waals surface area contributed by atoms with Gasteiger partial charge in [0, 0.05) is 10.5 Å². The highest BCUT2D eigenvalue weighted by molar-refractivity contribution is 9.10. The van der Waals surface area contributed by atoms with Crippen molar-refractivity contribution in [3.8, 4) is 11.5 Å². The minimum atomic E-state index is 0.377. The fraction of sp³-hybridized carbons (Fsp3) is 0.625. The minimum Gasteiger partial charge on any atom is -0.493 e. The molecule has 0 amide bonds. The van der Waals surface area contributed by atoms with E-state index in [0.29, 0.717) is 12.1 Å². The molecule has 2 fully saturated rings. The van der Waals surface area contributed by atoms with Crippen molar-refractivity contribution in [3.63, 3.8) is 0 Å². The van der Waals surface area contributed by atoms with Gasteiger partial charge in [-0.25, -0.2) is 0 Å². The number of hydrogen-bond donors (Lipinski definition) is 1. The second kappa shape index (κ2) is 6.35. The van der Waals surface area contributed by atoms with Gasteiger partial charge in [0.2, 0.25) is 0 Å². The summed E-state index contributed by atoms with van der Waals surface area (Å²) in [7, 11) is 1.70. The molecule has 1 heterocycles. The van der Waals surface area contributed by atoms with Gasteiger partial charge in [-0.15, -0.1) is 0 Å². The number of ether oxygens (including phenoxy) is 2. The zero-order chi connectivity index (χ0) is 13.9. The molecule has 0 aromatic heterocycles. The van der Waals surface area contributed by atoms with Crippen LogP contribution in [0.1, 0.15) is 37.7 Å². The summed E-state index contributed by atoms with van der Waals surface area (Å²) in [6.45, 7) is 1.14.